The second-order valence-corrected chi connectivity index (χ2v) is 4.06. The molecule has 0 aliphatic rings. The Labute approximate surface area is 108 Å². The van der Waals surface area contributed by atoms with E-state index in [1.54, 1.807) is 6.07 Å². The molecule has 0 unspecified atom stereocenters. The number of halogens is 3. The minimum absolute atomic E-state index is 0.00697. The van der Waals surface area contributed by atoms with Crippen molar-refractivity contribution < 1.29 is 13.5 Å². The van der Waals surface area contributed by atoms with E-state index in [9.17, 15) is 8.78 Å². The van der Waals surface area contributed by atoms with Gasteiger partial charge in [0.25, 0.3) is 0 Å². The van der Waals surface area contributed by atoms with Crippen molar-refractivity contribution in [3.8, 4) is 5.75 Å². The number of rotatable bonds is 3. The fourth-order valence-corrected chi connectivity index (χ4v) is 1.63. The third kappa shape index (κ3) is 2.71. The lowest BCUT2D eigenvalue weighted by Gasteiger charge is -2.10. The van der Waals surface area contributed by atoms with Gasteiger partial charge in [0.05, 0.1) is 10.7 Å². The fourth-order valence-electron chi connectivity index (χ4n) is 1.45. The van der Waals surface area contributed by atoms with E-state index in [4.69, 9.17) is 22.1 Å². The third-order valence-corrected chi connectivity index (χ3v) is 2.81. The summed E-state index contributed by atoms with van der Waals surface area (Å²) >= 11 is 5.77. The van der Waals surface area contributed by atoms with Crippen molar-refractivity contribution in [2.45, 2.75) is 6.61 Å². The van der Waals surface area contributed by atoms with Crippen molar-refractivity contribution in [1.82, 2.24) is 0 Å². The maximum Gasteiger partial charge on any atom is 0.145 e. The van der Waals surface area contributed by atoms with Crippen molar-refractivity contribution in [1.29, 1.82) is 0 Å². The molecule has 0 radical (unpaired) electrons. The summed E-state index contributed by atoms with van der Waals surface area (Å²) in [4.78, 5) is 0. The van der Waals surface area contributed by atoms with E-state index in [0.29, 0.717) is 11.3 Å². The van der Waals surface area contributed by atoms with Gasteiger partial charge in [-0.05, 0) is 18.2 Å². The first-order valence-electron chi connectivity index (χ1n) is 5.18. The number of benzene rings is 2. The van der Waals surface area contributed by atoms with Crippen LogP contribution in [0.15, 0.2) is 36.4 Å². The molecule has 0 fully saturated rings. The first-order valence-corrected chi connectivity index (χ1v) is 5.56. The van der Waals surface area contributed by atoms with Crippen LogP contribution in [0.2, 0.25) is 5.02 Å². The van der Waals surface area contributed by atoms with Crippen molar-refractivity contribution in [3.05, 3.63) is 58.6 Å². The fraction of sp³-hybridized carbons (Fsp3) is 0.0769. The summed E-state index contributed by atoms with van der Waals surface area (Å²) in [5, 5.41) is -0.00697. The monoisotopic (exact) mass is 269 g/mol. The van der Waals surface area contributed by atoms with Gasteiger partial charge >= 0.3 is 0 Å². The van der Waals surface area contributed by atoms with Crippen LogP contribution < -0.4 is 10.5 Å². The van der Waals surface area contributed by atoms with Crippen molar-refractivity contribution in [2.24, 2.45) is 0 Å². The Bertz CT molecular complexity index is 573. The summed E-state index contributed by atoms with van der Waals surface area (Å²) in [7, 11) is 0. The standard InChI is InChI=1S/C13H10ClF2NO/c14-13-8(2-1-3-10(13)16)7-18-12-6-9(15)4-5-11(12)17/h1-6H,7,17H2. The lowest BCUT2D eigenvalue weighted by molar-refractivity contribution is 0.306. The van der Waals surface area contributed by atoms with Crippen LogP contribution in [-0.2, 0) is 6.61 Å². The highest BCUT2D eigenvalue weighted by atomic mass is 35.5. The Morgan fingerprint density at radius 3 is 2.72 bits per heavy atom. The van der Waals surface area contributed by atoms with E-state index in [1.165, 1.54) is 30.3 Å². The van der Waals surface area contributed by atoms with Crippen molar-refractivity contribution in [3.63, 3.8) is 0 Å². The van der Waals surface area contributed by atoms with Gasteiger partial charge in [-0.2, -0.15) is 0 Å². The predicted molar refractivity (Wildman–Crippen MR) is 66.6 cm³/mol. The van der Waals surface area contributed by atoms with E-state index in [0.717, 1.165) is 0 Å². The van der Waals surface area contributed by atoms with Gasteiger partial charge in [-0.15, -0.1) is 0 Å². The SMILES string of the molecule is Nc1ccc(F)cc1OCc1cccc(F)c1Cl. The number of nitrogens with two attached hydrogens (primary N) is 1. The van der Waals surface area contributed by atoms with Gasteiger partial charge in [-0.1, -0.05) is 23.7 Å². The van der Waals surface area contributed by atoms with Gasteiger partial charge in [0.15, 0.2) is 0 Å². The average Bonchev–Trinajstić information content (AvgIpc) is 2.35. The largest absolute Gasteiger partial charge is 0.487 e. The molecule has 2 N–H and O–H groups in total. The molecule has 0 atom stereocenters. The minimum atomic E-state index is -0.523. The third-order valence-electron chi connectivity index (χ3n) is 2.39. The van der Waals surface area contributed by atoms with Gasteiger partial charge in [0.1, 0.15) is 24.0 Å². The lowest BCUT2D eigenvalue weighted by Crippen LogP contribution is -2.00. The summed E-state index contributed by atoms with van der Waals surface area (Å²) in [5.41, 5.74) is 6.40. The van der Waals surface area contributed by atoms with Crippen LogP contribution in [-0.4, -0.2) is 0 Å². The predicted octanol–water partition coefficient (Wildman–Crippen LogP) is 3.78. The molecule has 0 aliphatic heterocycles. The topological polar surface area (TPSA) is 35.2 Å². The highest BCUT2D eigenvalue weighted by Crippen LogP contribution is 2.25. The number of hydrogen-bond donors (Lipinski definition) is 1. The molecule has 2 nitrogen and oxygen atoms in total. The van der Waals surface area contributed by atoms with Gasteiger partial charge < -0.3 is 10.5 Å². The molecule has 0 heterocycles. The van der Waals surface area contributed by atoms with Gasteiger partial charge in [-0.3, -0.25) is 0 Å². The highest BCUT2D eigenvalue weighted by molar-refractivity contribution is 6.31. The Morgan fingerprint density at radius 2 is 1.94 bits per heavy atom. The Hall–Kier alpha value is -1.81. The van der Waals surface area contributed by atoms with E-state index in [-0.39, 0.29) is 17.4 Å². The molecule has 0 bridgehead atoms. The highest BCUT2D eigenvalue weighted by Gasteiger charge is 2.08. The maximum absolute atomic E-state index is 13.2. The van der Waals surface area contributed by atoms with Crippen LogP contribution in [0.4, 0.5) is 14.5 Å². The van der Waals surface area contributed by atoms with Crippen LogP contribution in [0.3, 0.4) is 0 Å². The molecule has 5 heteroatoms. The number of nitrogen functional groups attached to an aromatic ring is 1. The van der Waals surface area contributed by atoms with Crippen LogP contribution in [0.1, 0.15) is 5.56 Å². The summed E-state index contributed by atoms with van der Waals surface area (Å²) in [5.74, 6) is -0.773. The number of hydrogen-bond acceptors (Lipinski definition) is 2. The first kappa shape index (κ1) is 12.6. The van der Waals surface area contributed by atoms with Crippen LogP contribution in [0.25, 0.3) is 0 Å². The summed E-state index contributed by atoms with van der Waals surface area (Å²) < 4.78 is 31.5. The molecule has 94 valence electrons. The minimum Gasteiger partial charge on any atom is -0.487 e. The Balaban J connectivity index is 2.16. The van der Waals surface area contributed by atoms with Crippen LogP contribution in [0.5, 0.6) is 5.75 Å². The molecule has 0 aliphatic carbocycles. The summed E-state index contributed by atoms with van der Waals surface area (Å²) in [6.07, 6.45) is 0. The lowest BCUT2D eigenvalue weighted by atomic mass is 10.2. The maximum atomic E-state index is 13.2. The summed E-state index contributed by atoms with van der Waals surface area (Å²) in [6, 6.07) is 8.20. The number of ether oxygens (including phenoxy) is 1. The van der Waals surface area contributed by atoms with Crippen LogP contribution in [0, 0.1) is 11.6 Å². The molecule has 0 amide bonds. The summed E-state index contributed by atoms with van der Waals surface area (Å²) in [6.45, 7) is 0.0181. The van der Waals surface area contributed by atoms with E-state index >= 15 is 0 Å². The molecule has 0 spiro atoms. The Morgan fingerprint density at radius 1 is 1.17 bits per heavy atom. The second kappa shape index (κ2) is 5.23. The molecule has 18 heavy (non-hydrogen) atoms. The van der Waals surface area contributed by atoms with E-state index < -0.39 is 11.6 Å². The molecule has 0 aromatic heterocycles. The zero-order valence-electron chi connectivity index (χ0n) is 9.29. The normalized spacial score (nSPS) is 10.4. The van der Waals surface area contributed by atoms with Crippen LogP contribution >= 0.6 is 11.6 Å². The first-order chi connectivity index (χ1) is 8.58. The average molecular weight is 270 g/mol. The smallest absolute Gasteiger partial charge is 0.145 e. The molecule has 2 aromatic rings. The van der Waals surface area contributed by atoms with Gasteiger partial charge in [0, 0.05) is 11.6 Å². The zero-order valence-corrected chi connectivity index (χ0v) is 10.0. The van der Waals surface area contributed by atoms with Gasteiger partial charge in [-0.25, -0.2) is 8.78 Å². The van der Waals surface area contributed by atoms with E-state index in [1.807, 2.05) is 0 Å². The van der Waals surface area contributed by atoms with E-state index in [2.05, 4.69) is 0 Å². The molecule has 0 saturated heterocycles. The zero-order chi connectivity index (χ0) is 13.1. The number of anilines is 1. The van der Waals surface area contributed by atoms with Crippen molar-refractivity contribution in [2.75, 3.05) is 5.73 Å². The molecular formula is C13H10ClF2NO. The molecule has 0 saturated carbocycles. The molecule has 2 aromatic carbocycles. The molecule has 2 rings (SSSR count). The Kier molecular flexibility index (Phi) is 3.67. The van der Waals surface area contributed by atoms with Crippen molar-refractivity contribution >= 4 is 17.3 Å². The quantitative estimate of drug-likeness (QED) is 0.861. The molecular weight excluding hydrogens is 260 g/mol. The second-order valence-electron chi connectivity index (χ2n) is 3.68. The van der Waals surface area contributed by atoms with Gasteiger partial charge in [0.2, 0.25) is 0 Å².